The highest BCUT2D eigenvalue weighted by Gasteiger charge is 1.87. The quantitative estimate of drug-likeness (QED) is 0.579. The van der Waals surface area contributed by atoms with Gasteiger partial charge < -0.3 is 0 Å². The van der Waals surface area contributed by atoms with Gasteiger partial charge in [-0.3, -0.25) is 0 Å². The van der Waals surface area contributed by atoms with Crippen LogP contribution >= 0.6 is 0 Å². The van der Waals surface area contributed by atoms with E-state index in [1.54, 1.807) is 6.08 Å². The zero-order valence-corrected chi connectivity index (χ0v) is 6.17. The molecule has 0 aliphatic rings. The van der Waals surface area contributed by atoms with E-state index in [0.717, 1.165) is 12.0 Å². The van der Waals surface area contributed by atoms with E-state index in [4.69, 9.17) is 6.58 Å². The van der Waals surface area contributed by atoms with Crippen LogP contribution in [0.1, 0.15) is 18.1 Å². The lowest BCUT2D eigenvalue weighted by Crippen LogP contribution is -1.79. The second kappa shape index (κ2) is 3.21. The maximum Gasteiger partial charge on any atom is -0.0254 e. The molecule has 0 spiro atoms. The Morgan fingerprint density at radius 2 is 2.30 bits per heavy atom. The Morgan fingerprint density at radius 1 is 1.50 bits per heavy atom. The van der Waals surface area contributed by atoms with Crippen LogP contribution in [0.15, 0.2) is 24.3 Å². The molecular formula is C10H11. The fraction of sp³-hybridized carbons (Fsp3) is 0.200. The summed E-state index contributed by atoms with van der Waals surface area (Å²) in [6.45, 7) is 7.48. The summed E-state index contributed by atoms with van der Waals surface area (Å²) in [4.78, 5) is 0. The summed E-state index contributed by atoms with van der Waals surface area (Å²) in [5, 5.41) is 0. The lowest BCUT2D eigenvalue weighted by Gasteiger charge is -1.96. The van der Waals surface area contributed by atoms with E-state index < -0.39 is 0 Å². The predicted octanol–water partition coefficient (Wildman–Crippen LogP) is 2.70. The zero-order valence-electron chi connectivity index (χ0n) is 6.17. The summed E-state index contributed by atoms with van der Waals surface area (Å²) in [6, 6.07) is 8.23. The molecule has 0 aliphatic heterocycles. The van der Waals surface area contributed by atoms with Crippen LogP contribution in [0.5, 0.6) is 0 Å². The van der Waals surface area contributed by atoms with Crippen LogP contribution in [-0.4, -0.2) is 0 Å². The second-order valence-electron chi connectivity index (χ2n) is 2.27. The Kier molecular flexibility index (Phi) is 2.27. The lowest BCUT2D eigenvalue weighted by atomic mass is 10.1. The van der Waals surface area contributed by atoms with Crippen molar-refractivity contribution in [1.29, 1.82) is 0 Å². The summed E-state index contributed by atoms with van der Waals surface area (Å²) in [6.07, 6.45) is 2.70. The topological polar surface area (TPSA) is 0 Å². The number of aryl methyl sites for hydroxylation is 1. The molecule has 1 rings (SSSR count). The SMILES string of the molecule is [CH]=Cc1cccc(CC)c1. The number of hydrogen-bond donors (Lipinski definition) is 0. The Balaban J connectivity index is 2.98. The van der Waals surface area contributed by atoms with Gasteiger partial charge in [-0.2, -0.15) is 0 Å². The highest BCUT2D eigenvalue weighted by Crippen LogP contribution is 2.05. The van der Waals surface area contributed by atoms with Gasteiger partial charge in [0, 0.05) is 0 Å². The summed E-state index contributed by atoms with van der Waals surface area (Å²) in [5.41, 5.74) is 2.43. The first-order chi connectivity index (χ1) is 4.86. The first kappa shape index (κ1) is 7.07. The summed E-state index contributed by atoms with van der Waals surface area (Å²) < 4.78 is 0. The second-order valence-corrected chi connectivity index (χ2v) is 2.27. The molecule has 51 valence electrons. The van der Waals surface area contributed by atoms with Crippen LogP contribution in [0.4, 0.5) is 0 Å². The van der Waals surface area contributed by atoms with Crippen molar-refractivity contribution in [3.05, 3.63) is 42.0 Å². The van der Waals surface area contributed by atoms with E-state index in [1.165, 1.54) is 5.56 Å². The van der Waals surface area contributed by atoms with Crippen LogP contribution < -0.4 is 0 Å². The summed E-state index contributed by atoms with van der Waals surface area (Å²) >= 11 is 0. The fourth-order valence-corrected chi connectivity index (χ4v) is 0.917. The smallest absolute Gasteiger partial charge is 0.0254 e. The molecule has 0 N–H and O–H groups in total. The largest absolute Gasteiger partial charge is 0.0617 e. The van der Waals surface area contributed by atoms with Crippen molar-refractivity contribution >= 4 is 6.08 Å². The Labute approximate surface area is 62.2 Å². The molecule has 0 amide bonds. The van der Waals surface area contributed by atoms with Crippen LogP contribution in [0.2, 0.25) is 0 Å². The van der Waals surface area contributed by atoms with Gasteiger partial charge in [0.1, 0.15) is 0 Å². The molecule has 0 saturated heterocycles. The van der Waals surface area contributed by atoms with Gasteiger partial charge in [-0.1, -0.05) is 43.8 Å². The number of rotatable bonds is 2. The van der Waals surface area contributed by atoms with Crippen LogP contribution in [0, 0.1) is 6.58 Å². The molecule has 0 bridgehead atoms. The molecule has 1 aromatic carbocycles. The van der Waals surface area contributed by atoms with Crippen LogP contribution in [-0.2, 0) is 6.42 Å². The van der Waals surface area contributed by atoms with Gasteiger partial charge in [-0.25, -0.2) is 0 Å². The zero-order chi connectivity index (χ0) is 7.40. The Morgan fingerprint density at radius 3 is 2.90 bits per heavy atom. The molecular weight excluding hydrogens is 120 g/mol. The third-order valence-corrected chi connectivity index (χ3v) is 1.55. The molecule has 0 unspecified atom stereocenters. The van der Waals surface area contributed by atoms with Crippen molar-refractivity contribution in [3.63, 3.8) is 0 Å². The van der Waals surface area contributed by atoms with Crippen molar-refractivity contribution in [2.45, 2.75) is 13.3 Å². The number of hydrogen-bond acceptors (Lipinski definition) is 0. The van der Waals surface area contributed by atoms with E-state index >= 15 is 0 Å². The van der Waals surface area contributed by atoms with E-state index in [9.17, 15) is 0 Å². The maximum absolute atomic E-state index is 5.35. The van der Waals surface area contributed by atoms with Crippen molar-refractivity contribution in [3.8, 4) is 0 Å². The lowest BCUT2D eigenvalue weighted by molar-refractivity contribution is 1.14. The molecule has 1 radical (unpaired) electrons. The average molecular weight is 131 g/mol. The standard InChI is InChI=1S/C10H11/c1-3-9-6-5-7-10(4-2)8-9/h1,3,5-8H,4H2,2H3. The first-order valence-corrected chi connectivity index (χ1v) is 3.50. The van der Waals surface area contributed by atoms with Crippen LogP contribution in [0.25, 0.3) is 6.08 Å². The minimum atomic E-state index is 1.07. The summed E-state index contributed by atoms with van der Waals surface area (Å²) in [5.74, 6) is 0. The van der Waals surface area contributed by atoms with Gasteiger partial charge in [0.15, 0.2) is 0 Å². The first-order valence-electron chi connectivity index (χ1n) is 3.50. The highest BCUT2D eigenvalue weighted by molar-refractivity contribution is 5.46. The maximum atomic E-state index is 5.35. The Hall–Kier alpha value is -1.04. The molecule has 0 aromatic heterocycles. The van der Waals surface area contributed by atoms with Gasteiger partial charge in [0.05, 0.1) is 0 Å². The third kappa shape index (κ3) is 1.47. The molecule has 0 nitrogen and oxygen atoms in total. The van der Waals surface area contributed by atoms with Crippen molar-refractivity contribution in [2.75, 3.05) is 0 Å². The molecule has 0 heterocycles. The Bertz CT molecular complexity index is 223. The monoisotopic (exact) mass is 131 g/mol. The van der Waals surface area contributed by atoms with Gasteiger partial charge in [-0.15, -0.1) is 0 Å². The predicted molar refractivity (Wildman–Crippen MR) is 44.6 cm³/mol. The molecule has 0 heteroatoms. The van der Waals surface area contributed by atoms with Crippen molar-refractivity contribution in [1.82, 2.24) is 0 Å². The normalized spacial score (nSPS) is 9.30. The minimum Gasteiger partial charge on any atom is -0.0617 e. The van der Waals surface area contributed by atoms with Crippen molar-refractivity contribution < 1.29 is 0 Å². The molecule has 1 aromatic rings. The van der Waals surface area contributed by atoms with Crippen molar-refractivity contribution in [2.24, 2.45) is 0 Å². The van der Waals surface area contributed by atoms with E-state index in [0.29, 0.717) is 0 Å². The summed E-state index contributed by atoms with van der Waals surface area (Å²) in [7, 11) is 0. The molecule has 0 saturated carbocycles. The molecule has 0 fully saturated rings. The molecule has 0 atom stereocenters. The highest BCUT2D eigenvalue weighted by atomic mass is 13.9. The average Bonchev–Trinajstić information content (AvgIpc) is 2.05. The molecule has 0 aliphatic carbocycles. The number of benzene rings is 1. The molecule has 10 heavy (non-hydrogen) atoms. The van der Waals surface area contributed by atoms with E-state index in [-0.39, 0.29) is 0 Å². The van der Waals surface area contributed by atoms with Gasteiger partial charge in [0.2, 0.25) is 0 Å². The van der Waals surface area contributed by atoms with Gasteiger partial charge >= 0.3 is 0 Å². The van der Waals surface area contributed by atoms with E-state index in [2.05, 4.69) is 19.1 Å². The van der Waals surface area contributed by atoms with Gasteiger partial charge in [-0.05, 0) is 17.5 Å². The third-order valence-electron chi connectivity index (χ3n) is 1.55. The van der Waals surface area contributed by atoms with Gasteiger partial charge in [0.25, 0.3) is 0 Å². The minimum absolute atomic E-state index is 1.07. The van der Waals surface area contributed by atoms with E-state index in [1.807, 2.05) is 12.1 Å². The van der Waals surface area contributed by atoms with Crippen LogP contribution in [0.3, 0.4) is 0 Å². The fourth-order valence-electron chi connectivity index (χ4n) is 0.917.